The van der Waals surface area contributed by atoms with E-state index >= 15 is 0 Å². The van der Waals surface area contributed by atoms with E-state index in [4.69, 9.17) is 58.0 Å². The van der Waals surface area contributed by atoms with Gasteiger partial charge in [0.15, 0.2) is 0 Å². The van der Waals surface area contributed by atoms with Crippen LogP contribution < -0.4 is 10.6 Å². The predicted molar refractivity (Wildman–Crippen MR) is 129 cm³/mol. The molecule has 0 unspecified atom stereocenters. The Morgan fingerprint density at radius 3 is 2.30 bits per heavy atom. The SMILES string of the molecule is O=C(Nc1cccc(F)n1)c1cc(NC(=O)[C@H]2[C@H](c3cc(Cl)cc(Cl)c3)C2(Cl)Cl)ccc1Cl. The number of aromatic nitrogens is 1. The maximum absolute atomic E-state index is 13.3. The van der Waals surface area contributed by atoms with Crippen LogP contribution in [0.2, 0.25) is 15.1 Å². The van der Waals surface area contributed by atoms with Crippen molar-refractivity contribution in [1.29, 1.82) is 0 Å². The number of pyridine rings is 1. The van der Waals surface area contributed by atoms with Gasteiger partial charge < -0.3 is 10.6 Å². The minimum atomic E-state index is -1.35. The zero-order valence-corrected chi connectivity index (χ0v) is 20.2. The van der Waals surface area contributed by atoms with Crippen LogP contribution in [0.3, 0.4) is 0 Å². The van der Waals surface area contributed by atoms with Crippen LogP contribution in [0.25, 0.3) is 0 Å². The van der Waals surface area contributed by atoms with E-state index in [0.29, 0.717) is 21.3 Å². The van der Waals surface area contributed by atoms with Crippen molar-refractivity contribution in [3.8, 4) is 0 Å². The number of hydrogen-bond donors (Lipinski definition) is 2. The van der Waals surface area contributed by atoms with Crippen molar-refractivity contribution in [3.05, 3.63) is 86.7 Å². The Balaban J connectivity index is 1.51. The fourth-order valence-electron chi connectivity index (χ4n) is 3.48. The van der Waals surface area contributed by atoms with Crippen LogP contribution in [0.5, 0.6) is 0 Å². The summed E-state index contributed by atoms with van der Waals surface area (Å²) in [5, 5.41) is 6.07. The lowest BCUT2D eigenvalue weighted by Gasteiger charge is -2.10. The van der Waals surface area contributed by atoms with E-state index in [9.17, 15) is 14.0 Å². The molecule has 1 aliphatic rings. The lowest BCUT2D eigenvalue weighted by Crippen LogP contribution is -2.18. The van der Waals surface area contributed by atoms with Gasteiger partial charge in [0, 0.05) is 21.7 Å². The first-order valence-electron chi connectivity index (χ1n) is 9.44. The molecule has 2 atom stereocenters. The average molecular weight is 548 g/mol. The van der Waals surface area contributed by atoms with Crippen LogP contribution >= 0.6 is 58.0 Å². The van der Waals surface area contributed by atoms with E-state index in [1.807, 2.05) is 0 Å². The van der Waals surface area contributed by atoms with Crippen molar-refractivity contribution in [2.45, 2.75) is 10.3 Å². The topological polar surface area (TPSA) is 71.1 Å². The summed E-state index contributed by atoms with van der Waals surface area (Å²) >= 11 is 31.0. The lowest BCUT2D eigenvalue weighted by atomic mass is 10.1. The summed E-state index contributed by atoms with van der Waals surface area (Å²) in [5.74, 6) is -3.12. The number of anilines is 2. The number of alkyl halides is 2. The third kappa shape index (κ3) is 5.20. The van der Waals surface area contributed by atoms with Gasteiger partial charge in [0.1, 0.15) is 10.2 Å². The Labute approximate surface area is 213 Å². The molecule has 170 valence electrons. The van der Waals surface area contributed by atoms with Crippen LogP contribution in [0.4, 0.5) is 15.9 Å². The van der Waals surface area contributed by atoms with Gasteiger partial charge in [-0.1, -0.05) is 40.9 Å². The maximum Gasteiger partial charge on any atom is 0.258 e. The van der Waals surface area contributed by atoms with Crippen molar-refractivity contribution < 1.29 is 14.0 Å². The molecule has 3 aromatic rings. The number of halogens is 6. The molecule has 2 N–H and O–H groups in total. The zero-order chi connectivity index (χ0) is 23.9. The molecular formula is C22H13Cl5FN3O2. The Morgan fingerprint density at radius 1 is 0.939 bits per heavy atom. The van der Waals surface area contributed by atoms with E-state index in [0.717, 1.165) is 6.07 Å². The second-order valence-electron chi connectivity index (χ2n) is 7.32. The summed E-state index contributed by atoms with van der Waals surface area (Å²) in [5.41, 5.74) is 0.981. The molecule has 33 heavy (non-hydrogen) atoms. The number of nitrogens with zero attached hydrogens (tertiary/aromatic N) is 1. The Bertz CT molecular complexity index is 1250. The van der Waals surface area contributed by atoms with Crippen molar-refractivity contribution in [2.24, 2.45) is 5.92 Å². The van der Waals surface area contributed by atoms with Crippen LogP contribution in [0.15, 0.2) is 54.6 Å². The van der Waals surface area contributed by atoms with E-state index in [2.05, 4.69) is 15.6 Å². The van der Waals surface area contributed by atoms with Gasteiger partial charge in [-0.25, -0.2) is 4.98 Å². The maximum atomic E-state index is 13.3. The molecule has 0 spiro atoms. The highest BCUT2D eigenvalue weighted by atomic mass is 35.5. The molecule has 0 bridgehead atoms. The van der Waals surface area contributed by atoms with Crippen molar-refractivity contribution >= 4 is 81.3 Å². The molecule has 0 aliphatic heterocycles. The molecule has 1 heterocycles. The monoisotopic (exact) mass is 545 g/mol. The largest absolute Gasteiger partial charge is 0.326 e. The van der Waals surface area contributed by atoms with Crippen molar-refractivity contribution in [2.75, 3.05) is 10.6 Å². The van der Waals surface area contributed by atoms with Crippen molar-refractivity contribution in [1.82, 2.24) is 4.98 Å². The number of rotatable bonds is 5. The number of carbonyl (C=O) groups excluding carboxylic acids is 2. The molecule has 2 aromatic carbocycles. The normalized spacial score (nSPS) is 18.5. The first kappa shape index (κ1) is 24.0. The highest BCUT2D eigenvalue weighted by Crippen LogP contribution is 2.65. The second kappa shape index (κ2) is 9.28. The molecule has 1 saturated carbocycles. The molecule has 11 heteroatoms. The standard InChI is InChI=1S/C22H13Cl5FN3O2/c23-11-6-10(7-12(24)8-11)18-19(22(18,26)27)21(33)29-13-4-5-15(25)14(9-13)20(32)31-17-3-1-2-16(28)30-17/h1-9,18-19H,(H,29,33)(H,30,31,32)/t18-,19+/m0/s1. The minimum absolute atomic E-state index is 0.0144. The van der Waals surface area contributed by atoms with Gasteiger partial charge >= 0.3 is 0 Å². The molecule has 1 aromatic heterocycles. The average Bonchev–Trinajstić information content (AvgIpc) is 3.31. The highest BCUT2D eigenvalue weighted by Gasteiger charge is 2.67. The first-order valence-corrected chi connectivity index (χ1v) is 11.3. The van der Waals surface area contributed by atoms with E-state index in [-0.39, 0.29) is 16.4 Å². The third-order valence-corrected chi connectivity index (χ3v) is 6.72. The minimum Gasteiger partial charge on any atom is -0.326 e. The van der Waals surface area contributed by atoms with Crippen molar-refractivity contribution in [3.63, 3.8) is 0 Å². The van der Waals surface area contributed by atoms with E-state index in [1.54, 1.807) is 18.2 Å². The number of amides is 2. The van der Waals surface area contributed by atoms with Gasteiger partial charge in [-0.15, -0.1) is 23.2 Å². The zero-order valence-electron chi connectivity index (χ0n) is 16.4. The molecular weight excluding hydrogens is 535 g/mol. The van der Waals surface area contributed by atoms with Crippen LogP contribution in [-0.2, 0) is 4.79 Å². The number of nitrogens with one attached hydrogen (secondary N) is 2. The van der Waals surface area contributed by atoms with E-state index in [1.165, 1.54) is 30.3 Å². The Kier molecular flexibility index (Phi) is 6.76. The molecule has 4 rings (SSSR count). The number of hydrogen-bond acceptors (Lipinski definition) is 3. The summed E-state index contributed by atoms with van der Waals surface area (Å²) in [7, 11) is 0. The number of benzene rings is 2. The summed E-state index contributed by atoms with van der Waals surface area (Å²) in [6, 6.07) is 13.2. The molecule has 1 aliphatic carbocycles. The third-order valence-electron chi connectivity index (χ3n) is 5.02. The van der Waals surface area contributed by atoms with Gasteiger partial charge in [0.2, 0.25) is 11.9 Å². The summed E-state index contributed by atoms with van der Waals surface area (Å²) in [4.78, 5) is 29.1. The Morgan fingerprint density at radius 2 is 1.64 bits per heavy atom. The van der Waals surface area contributed by atoms with Gasteiger partial charge in [0.25, 0.3) is 5.91 Å². The lowest BCUT2D eigenvalue weighted by molar-refractivity contribution is -0.117. The molecule has 0 radical (unpaired) electrons. The summed E-state index contributed by atoms with van der Waals surface area (Å²) in [6.07, 6.45) is 0. The van der Waals surface area contributed by atoms with Gasteiger partial charge in [-0.05, 0) is 54.1 Å². The van der Waals surface area contributed by atoms with Crippen LogP contribution in [-0.4, -0.2) is 21.1 Å². The van der Waals surface area contributed by atoms with Gasteiger partial charge in [-0.2, -0.15) is 4.39 Å². The fourth-order valence-corrected chi connectivity index (χ4v) is 5.06. The first-order chi connectivity index (χ1) is 15.6. The highest BCUT2D eigenvalue weighted by molar-refractivity contribution is 6.53. The predicted octanol–water partition coefficient (Wildman–Crippen LogP) is 6.96. The smallest absolute Gasteiger partial charge is 0.258 e. The second-order valence-corrected chi connectivity index (χ2v) is 10.0. The quantitative estimate of drug-likeness (QED) is 0.268. The van der Waals surface area contributed by atoms with Crippen LogP contribution in [0.1, 0.15) is 21.8 Å². The Hall–Kier alpha value is -2.09. The summed E-state index contributed by atoms with van der Waals surface area (Å²) in [6.45, 7) is 0. The van der Waals surface area contributed by atoms with Gasteiger partial charge in [0.05, 0.1) is 16.5 Å². The van der Waals surface area contributed by atoms with Crippen LogP contribution in [0, 0.1) is 11.9 Å². The summed E-state index contributed by atoms with van der Waals surface area (Å²) < 4.78 is 11.9. The van der Waals surface area contributed by atoms with Gasteiger partial charge in [-0.3, -0.25) is 9.59 Å². The van der Waals surface area contributed by atoms with E-state index < -0.39 is 33.9 Å². The molecule has 0 saturated heterocycles. The molecule has 1 fully saturated rings. The molecule has 2 amide bonds. The number of carbonyl (C=O) groups is 2. The molecule has 5 nitrogen and oxygen atoms in total. The fraction of sp³-hybridized carbons (Fsp3) is 0.136.